The fraction of sp³-hybridized carbons (Fsp3) is 0.529. The summed E-state index contributed by atoms with van der Waals surface area (Å²) in [5, 5.41) is 20.8. The Morgan fingerprint density at radius 1 is 1.34 bits per heavy atom. The number of nitrogens with zero attached hydrogens (tertiary/aromatic N) is 2. The highest BCUT2D eigenvalue weighted by Crippen LogP contribution is 2.33. The first-order valence-electron chi connectivity index (χ1n) is 8.67. The van der Waals surface area contributed by atoms with Crippen LogP contribution in [0.2, 0.25) is 0 Å². The van der Waals surface area contributed by atoms with Crippen molar-refractivity contribution in [2.24, 2.45) is 0 Å². The largest absolute Gasteiger partial charge is 0.480 e. The van der Waals surface area contributed by atoms with Crippen molar-refractivity contribution < 1.29 is 32.8 Å². The minimum Gasteiger partial charge on any atom is -0.480 e. The molecule has 0 saturated carbocycles. The molecule has 1 aromatic rings. The molecule has 1 aromatic carbocycles. The fourth-order valence-electron chi connectivity index (χ4n) is 3.07. The summed E-state index contributed by atoms with van der Waals surface area (Å²) >= 11 is 0. The highest BCUT2D eigenvalue weighted by Gasteiger charge is 2.52. The number of aliphatic carboxylic acids is 1. The van der Waals surface area contributed by atoms with Gasteiger partial charge in [0.15, 0.2) is 4.90 Å². The summed E-state index contributed by atoms with van der Waals surface area (Å²) in [6.07, 6.45) is -1.13. The number of likely N-dealkylation sites (tertiary alicyclic amines) is 1. The Kier molecular flexibility index (Phi) is 5.91. The van der Waals surface area contributed by atoms with Crippen LogP contribution in [0.15, 0.2) is 29.2 Å². The summed E-state index contributed by atoms with van der Waals surface area (Å²) in [4.78, 5) is 35.0. The summed E-state index contributed by atoms with van der Waals surface area (Å²) in [5.74, 6) is -1.32. The van der Waals surface area contributed by atoms with Crippen molar-refractivity contribution >= 4 is 27.8 Å². The van der Waals surface area contributed by atoms with Gasteiger partial charge in [-0.1, -0.05) is 12.1 Å². The van der Waals surface area contributed by atoms with E-state index < -0.39 is 54.8 Å². The summed E-state index contributed by atoms with van der Waals surface area (Å²) in [5.41, 5.74) is -3.19. The molecule has 0 spiro atoms. The van der Waals surface area contributed by atoms with Crippen molar-refractivity contribution in [3.8, 4) is 0 Å². The third-order valence-corrected chi connectivity index (χ3v) is 5.96. The lowest BCUT2D eigenvalue weighted by Gasteiger charge is -2.32. The number of carboxylic acid groups (broad SMARTS) is 1. The Labute approximate surface area is 167 Å². The van der Waals surface area contributed by atoms with E-state index in [1.807, 2.05) is 0 Å². The number of nitro benzene ring substituents is 1. The quantitative estimate of drug-likeness (QED) is 0.529. The lowest BCUT2D eigenvalue weighted by atomic mass is 9.98. The second-order valence-corrected chi connectivity index (χ2v) is 9.60. The smallest absolute Gasteiger partial charge is 0.411 e. The molecule has 0 aromatic heterocycles. The number of carboxylic acids is 1. The van der Waals surface area contributed by atoms with Gasteiger partial charge in [0.1, 0.15) is 11.1 Å². The van der Waals surface area contributed by atoms with E-state index in [-0.39, 0.29) is 13.0 Å². The monoisotopic (exact) mass is 429 g/mol. The highest BCUT2D eigenvalue weighted by molar-refractivity contribution is 7.89. The number of carbonyl (C=O) groups is 2. The van der Waals surface area contributed by atoms with Crippen molar-refractivity contribution in [2.75, 3.05) is 6.54 Å². The summed E-state index contributed by atoms with van der Waals surface area (Å²) in [6, 6.07) is 3.83. The molecular weight excluding hydrogens is 406 g/mol. The van der Waals surface area contributed by atoms with E-state index in [9.17, 15) is 33.2 Å². The van der Waals surface area contributed by atoms with E-state index in [1.165, 1.54) is 19.1 Å². The minimum absolute atomic E-state index is 0.235. The molecule has 12 heteroatoms. The van der Waals surface area contributed by atoms with Crippen LogP contribution >= 0.6 is 0 Å². The molecule has 1 fully saturated rings. The van der Waals surface area contributed by atoms with E-state index in [0.29, 0.717) is 0 Å². The lowest BCUT2D eigenvalue weighted by molar-refractivity contribution is -0.387. The highest BCUT2D eigenvalue weighted by atomic mass is 32.2. The third-order valence-electron chi connectivity index (χ3n) is 4.39. The number of sulfonamides is 1. The van der Waals surface area contributed by atoms with Gasteiger partial charge in [0, 0.05) is 18.7 Å². The first-order valence-corrected chi connectivity index (χ1v) is 10.2. The Morgan fingerprint density at radius 2 is 1.93 bits per heavy atom. The Bertz CT molecular complexity index is 940. The first kappa shape index (κ1) is 22.6. The van der Waals surface area contributed by atoms with E-state index in [1.54, 1.807) is 20.8 Å². The molecule has 1 aliphatic heterocycles. The van der Waals surface area contributed by atoms with Gasteiger partial charge in [-0.25, -0.2) is 22.7 Å². The number of nitrogens with one attached hydrogen (secondary N) is 1. The molecule has 1 saturated heterocycles. The predicted octanol–water partition coefficient (Wildman–Crippen LogP) is 1.73. The number of hydrogen-bond donors (Lipinski definition) is 2. The van der Waals surface area contributed by atoms with Crippen LogP contribution in [0, 0.1) is 10.1 Å². The molecule has 0 bridgehead atoms. The van der Waals surface area contributed by atoms with Crippen LogP contribution in [0.4, 0.5) is 10.5 Å². The number of amides is 1. The van der Waals surface area contributed by atoms with Gasteiger partial charge in [0.05, 0.1) is 4.92 Å². The zero-order valence-electron chi connectivity index (χ0n) is 16.4. The van der Waals surface area contributed by atoms with Crippen molar-refractivity contribution in [1.29, 1.82) is 0 Å². The minimum atomic E-state index is -4.34. The second-order valence-electron chi connectivity index (χ2n) is 7.92. The average Bonchev–Trinajstić information content (AvgIpc) is 2.90. The van der Waals surface area contributed by atoms with Crippen LogP contribution < -0.4 is 4.72 Å². The van der Waals surface area contributed by atoms with Gasteiger partial charge in [-0.05, 0) is 40.2 Å². The predicted molar refractivity (Wildman–Crippen MR) is 101 cm³/mol. The number of nitro groups is 1. The SMILES string of the molecule is CC(C)(C)OC(=O)N1C[C@H](NS(=O)(=O)c2ccccc2[N+](=O)[O-])C[C@@]1(C)C(=O)O. The van der Waals surface area contributed by atoms with E-state index in [2.05, 4.69) is 4.72 Å². The van der Waals surface area contributed by atoms with Gasteiger partial charge in [0.25, 0.3) is 5.69 Å². The van der Waals surface area contributed by atoms with Gasteiger partial charge >= 0.3 is 12.1 Å². The molecular formula is C17H23N3O8S. The molecule has 29 heavy (non-hydrogen) atoms. The second kappa shape index (κ2) is 7.59. The summed E-state index contributed by atoms with van der Waals surface area (Å²) < 4.78 is 32.9. The van der Waals surface area contributed by atoms with Crippen LogP contribution in [0.5, 0.6) is 0 Å². The maximum absolute atomic E-state index is 12.7. The molecule has 1 aliphatic rings. The number of benzene rings is 1. The van der Waals surface area contributed by atoms with Gasteiger partial charge in [-0.2, -0.15) is 0 Å². The summed E-state index contributed by atoms with van der Waals surface area (Å²) in [6.45, 7) is 5.88. The summed E-state index contributed by atoms with van der Waals surface area (Å²) in [7, 11) is -4.34. The van der Waals surface area contributed by atoms with Crippen molar-refractivity contribution in [2.45, 2.75) is 56.2 Å². The van der Waals surface area contributed by atoms with E-state index >= 15 is 0 Å². The first-order chi connectivity index (χ1) is 13.2. The molecule has 1 amide bonds. The van der Waals surface area contributed by atoms with Crippen molar-refractivity contribution in [1.82, 2.24) is 9.62 Å². The van der Waals surface area contributed by atoms with Gasteiger partial charge < -0.3 is 9.84 Å². The van der Waals surface area contributed by atoms with Crippen molar-refractivity contribution in [3.05, 3.63) is 34.4 Å². The molecule has 2 atom stereocenters. The Balaban J connectivity index is 2.32. The lowest BCUT2D eigenvalue weighted by Crippen LogP contribution is -2.52. The van der Waals surface area contributed by atoms with Gasteiger partial charge in [-0.3, -0.25) is 15.0 Å². The standard InChI is InChI=1S/C17H23N3O8S/c1-16(2,3)28-15(23)19-10-11(9-17(19,4)14(21)22)18-29(26,27)13-8-6-5-7-12(13)20(24)25/h5-8,11,18H,9-10H2,1-4H3,(H,21,22)/t11-,17+/m1/s1. The normalized spacial score (nSPS) is 22.3. The van der Waals surface area contributed by atoms with Gasteiger partial charge in [0.2, 0.25) is 10.0 Å². The average molecular weight is 429 g/mol. The maximum atomic E-state index is 12.7. The zero-order valence-corrected chi connectivity index (χ0v) is 17.2. The van der Waals surface area contributed by atoms with E-state index in [4.69, 9.17) is 4.74 Å². The molecule has 1 heterocycles. The molecule has 11 nitrogen and oxygen atoms in total. The molecule has 0 aliphatic carbocycles. The zero-order chi connectivity index (χ0) is 22.2. The van der Waals surface area contributed by atoms with Crippen LogP contribution in [-0.4, -0.2) is 59.1 Å². The Morgan fingerprint density at radius 3 is 2.45 bits per heavy atom. The Hall–Kier alpha value is -2.73. The molecule has 2 rings (SSSR count). The van der Waals surface area contributed by atoms with Crippen LogP contribution in [0.3, 0.4) is 0 Å². The van der Waals surface area contributed by atoms with E-state index in [0.717, 1.165) is 17.0 Å². The number of ether oxygens (including phenoxy) is 1. The molecule has 0 unspecified atom stereocenters. The molecule has 2 N–H and O–H groups in total. The fourth-order valence-corrected chi connectivity index (χ4v) is 4.47. The third kappa shape index (κ3) is 4.82. The molecule has 0 radical (unpaired) electrons. The van der Waals surface area contributed by atoms with Crippen molar-refractivity contribution in [3.63, 3.8) is 0 Å². The number of para-hydroxylation sites is 1. The van der Waals surface area contributed by atoms with Crippen LogP contribution in [0.1, 0.15) is 34.1 Å². The topological polar surface area (TPSA) is 156 Å². The number of carbonyl (C=O) groups excluding carboxylic acids is 1. The van der Waals surface area contributed by atoms with Crippen LogP contribution in [0.25, 0.3) is 0 Å². The maximum Gasteiger partial charge on any atom is 0.411 e. The van der Waals surface area contributed by atoms with Crippen LogP contribution in [-0.2, 0) is 19.6 Å². The number of rotatable bonds is 5. The molecule has 160 valence electrons. The number of hydrogen-bond acceptors (Lipinski definition) is 7. The van der Waals surface area contributed by atoms with Gasteiger partial charge in [-0.15, -0.1) is 0 Å².